The lowest BCUT2D eigenvalue weighted by molar-refractivity contribution is -0.384. The second-order valence-corrected chi connectivity index (χ2v) is 6.33. The largest absolute Gasteiger partial charge is 0.397 e. The van der Waals surface area contributed by atoms with E-state index in [2.05, 4.69) is 20.6 Å². The van der Waals surface area contributed by atoms with Crippen molar-refractivity contribution in [3.63, 3.8) is 0 Å². The van der Waals surface area contributed by atoms with Gasteiger partial charge in [0.15, 0.2) is 5.78 Å². The number of nitrogens with zero attached hydrogens (tertiary/aromatic N) is 3. The summed E-state index contributed by atoms with van der Waals surface area (Å²) in [6, 6.07) is 10.7. The number of carbonyl (C=O) groups is 1. The zero-order valence-electron chi connectivity index (χ0n) is 16.1. The fourth-order valence-corrected chi connectivity index (χ4v) is 2.77. The number of nitrogens with one attached hydrogen (secondary N) is 2. The van der Waals surface area contributed by atoms with Gasteiger partial charge in [0, 0.05) is 18.5 Å². The predicted molar refractivity (Wildman–Crippen MR) is 111 cm³/mol. The van der Waals surface area contributed by atoms with E-state index in [4.69, 9.17) is 5.73 Å². The summed E-state index contributed by atoms with van der Waals surface area (Å²) in [5.74, 6) is -0.595. The van der Waals surface area contributed by atoms with Crippen LogP contribution in [0.2, 0.25) is 0 Å². The molecule has 0 fully saturated rings. The molecule has 3 aromatic rings. The number of ketones is 1. The molecule has 1 heterocycles. The summed E-state index contributed by atoms with van der Waals surface area (Å²) in [6.07, 6.45) is 1.38. The molecular weight excluding hydrogens is 391 g/mol. The number of aromatic nitrogens is 2. The van der Waals surface area contributed by atoms with Crippen molar-refractivity contribution >= 4 is 34.6 Å². The fraction of sp³-hybridized carbons (Fsp3) is 0.150. The normalized spacial score (nSPS) is 10.5. The number of hydrogen-bond acceptors (Lipinski definition) is 8. The van der Waals surface area contributed by atoms with Crippen molar-refractivity contribution in [3.8, 4) is 0 Å². The number of nitrogen functional groups attached to an aromatic ring is 1. The van der Waals surface area contributed by atoms with Gasteiger partial charge in [0.25, 0.3) is 0 Å². The van der Waals surface area contributed by atoms with Gasteiger partial charge in [-0.2, -0.15) is 4.98 Å². The minimum atomic E-state index is -0.619. The zero-order chi connectivity index (χ0) is 21.7. The van der Waals surface area contributed by atoms with Crippen molar-refractivity contribution in [2.24, 2.45) is 0 Å². The van der Waals surface area contributed by atoms with Crippen LogP contribution in [0.3, 0.4) is 0 Å². The van der Waals surface area contributed by atoms with Crippen LogP contribution in [0.1, 0.15) is 29.3 Å². The molecule has 3 rings (SSSR count). The highest BCUT2D eigenvalue weighted by Gasteiger charge is 2.18. The molecule has 0 bridgehead atoms. The number of anilines is 4. The maximum Gasteiger partial charge on any atom is 0.329 e. The van der Waals surface area contributed by atoms with Crippen molar-refractivity contribution in [3.05, 3.63) is 75.7 Å². The Balaban J connectivity index is 1.88. The van der Waals surface area contributed by atoms with Crippen molar-refractivity contribution in [2.75, 3.05) is 16.4 Å². The van der Waals surface area contributed by atoms with Gasteiger partial charge >= 0.3 is 5.69 Å². The van der Waals surface area contributed by atoms with Crippen LogP contribution in [0, 0.1) is 15.9 Å². The summed E-state index contributed by atoms with van der Waals surface area (Å²) in [4.78, 5) is 30.9. The molecule has 10 heteroatoms. The summed E-state index contributed by atoms with van der Waals surface area (Å²) in [6.45, 7) is 1.90. The molecule has 0 saturated heterocycles. The van der Waals surface area contributed by atoms with Gasteiger partial charge < -0.3 is 16.4 Å². The van der Waals surface area contributed by atoms with Crippen LogP contribution in [0.15, 0.2) is 48.7 Å². The SMILES string of the molecule is CCC(=O)c1ccccc1CNc1nc(Nc2cc(F)ccc2N)ncc1[N+](=O)[O-]. The number of hydrogen-bond donors (Lipinski definition) is 3. The van der Waals surface area contributed by atoms with Gasteiger partial charge in [-0.3, -0.25) is 14.9 Å². The predicted octanol–water partition coefficient (Wildman–Crippen LogP) is 4.05. The third kappa shape index (κ3) is 4.66. The van der Waals surface area contributed by atoms with Gasteiger partial charge in [0.2, 0.25) is 11.8 Å². The molecule has 4 N–H and O–H groups in total. The van der Waals surface area contributed by atoms with Gasteiger partial charge in [-0.05, 0) is 23.8 Å². The van der Waals surface area contributed by atoms with Crippen LogP contribution in [-0.2, 0) is 6.54 Å². The van der Waals surface area contributed by atoms with Crippen molar-refractivity contribution in [1.82, 2.24) is 9.97 Å². The Morgan fingerprint density at radius 1 is 1.27 bits per heavy atom. The van der Waals surface area contributed by atoms with Crippen molar-refractivity contribution in [2.45, 2.75) is 19.9 Å². The van der Waals surface area contributed by atoms with E-state index < -0.39 is 10.7 Å². The van der Waals surface area contributed by atoms with Gasteiger partial charge in [-0.25, -0.2) is 9.37 Å². The number of halogens is 1. The molecule has 30 heavy (non-hydrogen) atoms. The molecule has 0 unspecified atom stereocenters. The fourth-order valence-electron chi connectivity index (χ4n) is 2.77. The Hall–Kier alpha value is -4.08. The van der Waals surface area contributed by atoms with Crippen LogP contribution >= 0.6 is 0 Å². The third-order valence-corrected chi connectivity index (χ3v) is 4.31. The summed E-state index contributed by atoms with van der Waals surface area (Å²) in [5, 5.41) is 17.0. The smallest absolute Gasteiger partial charge is 0.329 e. The highest BCUT2D eigenvalue weighted by molar-refractivity contribution is 5.97. The van der Waals surface area contributed by atoms with Gasteiger partial charge in [-0.1, -0.05) is 31.2 Å². The third-order valence-electron chi connectivity index (χ3n) is 4.31. The van der Waals surface area contributed by atoms with E-state index in [0.29, 0.717) is 17.5 Å². The first kappa shape index (κ1) is 20.6. The van der Waals surface area contributed by atoms with Crippen LogP contribution in [0.4, 0.5) is 33.2 Å². The van der Waals surface area contributed by atoms with E-state index in [1.807, 2.05) is 0 Å². The first-order chi connectivity index (χ1) is 14.4. The van der Waals surface area contributed by atoms with Crippen molar-refractivity contribution in [1.29, 1.82) is 0 Å². The van der Waals surface area contributed by atoms with E-state index in [9.17, 15) is 19.3 Å². The summed E-state index contributed by atoms with van der Waals surface area (Å²) in [7, 11) is 0. The lowest BCUT2D eigenvalue weighted by Gasteiger charge is -2.12. The van der Waals surface area contributed by atoms with Crippen molar-refractivity contribution < 1.29 is 14.1 Å². The number of carbonyl (C=O) groups excluding carboxylic acids is 1. The highest BCUT2D eigenvalue weighted by atomic mass is 19.1. The molecule has 0 amide bonds. The maximum absolute atomic E-state index is 13.5. The average molecular weight is 410 g/mol. The number of benzene rings is 2. The highest BCUT2D eigenvalue weighted by Crippen LogP contribution is 2.27. The average Bonchev–Trinajstić information content (AvgIpc) is 2.74. The van der Waals surface area contributed by atoms with E-state index in [1.165, 1.54) is 18.2 Å². The molecule has 0 saturated carbocycles. The Bertz CT molecular complexity index is 1110. The van der Waals surface area contributed by atoms with Gasteiger partial charge in [-0.15, -0.1) is 0 Å². The second-order valence-electron chi connectivity index (χ2n) is 6.33. The van der Waals surface area contributed by atoms with Crippen LogP contribution in [0.5, 0.6) is 0 Å². The zero-order valence-corrected chi connectivity index (χ0v) is 16.1. The van der Waals surface area contributed by atoms with E-state index in [1.54, 1.807) is 31.2 Å². The maximum atomic E-state index is 13.5. The van der Waals surface area contributed by atoms with E-state index in [-0.39, 0.29) is 41.2 Å². The Morgan fingerprint density at radius 2 is 2.03 bits per heavy atom. The molecule has 0 atom stereocenters. The monoisotopic (exact) mass is 410 g/mol. The van der Waals surface area contributed by atoms with Gasteiger partial charge in [0.05, 0.1) is 16.3 Å². The standard InChI is InChI=1S/C20H19FN6O3/c1-2-18(28)14-6-4-3-5-12(14)10-23-19-17(27(29)30)11-24-20(26-19)25-16-9-13(21)7-8-15(16)22/h3-9,11H,2,10,22H2,1H3,(H2,23,24,25,26). The molecule has 9 nitrogen and oxygen atoms in total. The summed E-state index contributed by atoms with van der Waals surface area (Å²) in [5.41, 5.74) is 7.18. The number of rotatable bonds is 8. The second kappa shape index (κ2) is 8.95. The Kier molecular flexibility index (Phi) is 6.16. The molecule has 2 aromatic carbocycles. The van der Waals surface area contributed by atoms with Gasteiger partial charge in [0.1, 0.15) is 12.0 Å². The lowest BCUT2D eigenvalue weighted by Crippen LogP contribution is -2.10. The quantitative estimate of drug-likeness (QED) is 0.219. The lowest BCUT2D eigenvalue weighted by atomic mass is 10.0. The Labute approximate surface area is 171 Å². The summed E-state index contributed by atoms with van der Waals surface area (Å²) < 4.78 is 13.5. The molecular formula is C20H19FN6O3. The topological polar surface area (TPSA) is 136 Å². The molecule has 0 aliphatic heterocycles. The number of Topliss-reactive ketones (excluding diaryl/α,β-unsaturated/α-hetero) is 1. The molecule has 0 spiro atoms. The minimum Gasteiger partial charge on any atom is -0.397 e. The summed E-state index contributed by atoms with van der Waals surface area (Å²) >= 11 is 0. The molecule has 0 aliphatic carbocycles. The first-order valence-corrected chi connectivity index (χ1v) is 9.07. The molecule has 0 radical (unpaired) electrons. The minimum absolute atomic E-state index is 0.00156. The number of nitrogens with two attached hydrogens (primary N) is 1. The number of nitro groups is 1. The van der Waals surface area contributed by atoms with Crippen LogP contribution < -0.4 is 16.4 Å². The molecule has 154 valence electrons. The Morgan fingerprint density at radius 3 is 2.77 bits per heavy atom. The van der Waals surface area contributed by atoms with E-state index in [0.717, 1.165) is 6.20 Å². The van der Waals surface area contributed by atoms with Crippen LogP contribution in [-0.4, -0.2) is 20.7 Å². The van der Waals surface area contributed by atoms with Crippen LogP contribution in [0.25, 0.3) is 0 Å². The molecule has 1 aromatic heterocycles. The first-order valence-electron chi connectivity index (χ1n) is 9.07. The van der Waals surface area contributed by atoms with E-state index >= 15 is 0 Å². The molecule has 0 aliphatic rings.